The first-order valence-electron chi connectivity index (χ1n) is 5.84. The van der Waals surface area contributed by atoms with Crippen LogP contribution in [0.1, 0.15) is 11.4 Å². The Labute approximate surface area is 117 Å². The van der Waals surface area contributed by atoms with E-state index in [1.165, 1.54) is 10.8 Å². The summed E-state index contributed by atoms with van der Waals surface area (Å²) >= 11 is 0. The lowest BCUT2D eigenvalue weighted by atomic mass is 10.2. The van der Waals surface area contributed by atoms with Crippen LogP contribution in [-0.4, -0.2) is 29.9 Å². The van der Waals surface area contributed by atoms with E-state index in [1.54, 1.807) is 18.6 Å². The van der Waals surface area contributed by atoms with Crippen molar-refractivity contribution >= 4 is 21.9 Å². The van der Waals surface area contributed by atoms with Gasteiger partial charge in [-0.15, -0.1) is 0 Å². The zero-order chi connectivity index (χ0) is 14.3. The average Bonchev–Trinajstić information content (AvgIpc) is 2.96. The maximum absolute atomic E-state index is 11.7. The van der Waals surface area contributed by atoms with Gasteiger partial charge in [-0.3, -0.25) is 19.5 Å². The van der Waals surface area contributed by atoms with Crippen molar-refractivity contribution in [3.63, 3.8) is 0 Å². The van der Waals surface area contributed by atoms with Crippen molar-refractivity contribution in [3.8, 4) is 11.3 Å². The molecule has 3 rings (SSSR count). The topological polar surface area (TPSA) is 89.8 Å². The lowest BCUT2D eigenvalue weighted by Gasteiger charge is -2.02. The van der Waals surface area contributed by atoms with Crippen molar-refractivity contribution in [3.05, 3.63) is 36.1 Å². The monoisotopic (exact) mass is 289 g/mol. The van der Waals surface area contributed by atoms with Crippen LogP contribution in [0.25, 0.3) is 16.3 Å². The first-order valence-corrected chi connectivity index (χ1v) is 6.99. The summed E-state index contributed by atoms with van der Waals surface area (Å²) in [5.74, 6) is -0.387. The Bertz CT molecular complexity index is 765. The van der Waals surface area contributed by atoms with Gasteiger partial charge in [0.25, 0.3) is 5.91 Å². The van der Waals surface area contributed by atoms with E-state index in [2.05, 4.69) is 19.8 Å². The highest BCUT2D eigenvalue weighted by Gasteiger charge is 2.22. The van der Waals surface area contributed by atoms with Gasteiger partial charge in [0.1, 0.15) is 0 Å². The van der Waals surface area contributed by atoms with Gasteiger partial charge in [0.2, 0.25) is 0 Å². The molecule has 102 valence electrons. The van der Waals surface area contributed by atoms with E-state index in [0.29, 0.717) is 10.7 Å². The van der Waals surface area contributed by atoms with E-state index in [4.69, 9.17) is 0 Å². The van der Waals surface area contributed by atoms with Crippen molar-refractivity contribution < 1.29 is 9.00 Å². The molecule has 1 amide bonds. The van der Waals surface area contributed by atoms with Crippen LogP contribution in [0.15, 0.2) is 24.7 Å². The van der Waals surface area contributed by atoms with Gasteiger partial charge in [0, 0.05) is 24.0 Å². The molecule has 7 nitrogen and oxygen atoms in total. The van der Waals surface area contributed by atoms with Crippen LogP contribution in [-0.2, 0) is 15.8 Å². The predicted octanol–water partition coefficient (Wildman–Crippen LogP) is 0.549. The number of hydrogen-bond acceptors (Lipinski definition) is 5. The minimum absolute atomic E-state index is 0.305. The molecule has 20 heavy (non-hydrogen) atoms. The molecule has 0 saturated carbocycles. The molecule has 0 bridgehead atoms. The third-order valence-electron chi connectivity index (χ3n) is 2.79. The molecule has 0 spiro atoms. The summed E-state index contributed by atoms with van der Waals surface area (Å²) in [4.78, 5) is 19.8. The maximum atomic E-state index is 11.7. The van der Waals surface area contributed by atoms with E-state index in [1.807, 2.05) is 13.8 Å². The zero-order valence-corrected chi connectivity index (χ0v) is 11.6. The summed E-state index contributed by atoms with van der Waals surface area (Å²) < 4.78 is 15.4. The number of rotatable bonds is 2. The van der Waals surface area contributed by atoms with Crippen LogP contribution in [0.2, 0.25) is 0 Å². The Morgan fingerprint density at radius 1 is 1.30 bits per heavy atom. The molecule has 2 aromatic rings. The van der Waals surface area contributed by atoms with E-state index < -0.39 is 11.0 Å². The van der Waals surface area contributed by atoms with Gasteiger partial charge in [-0.2, -0.15) is 5.10 Å². The maximum Gasteiger partial charge on any atom is 0.258 e. The van der Waals surface area contributed by atoms with Crippen LogP contribution in [0, 0.1) is 13.8 Å². The van der Waals surface area contributed by atoms with Gasteiger partial charge < -0.3 is 0 Å². The Morgan fingerprint density at radius 2 is 2.10 bits per heavy atom. The molecule has 0 aliphatic carbocycles. The van der Waals surface area contributed by atoms with Crippen molar-refractivity contribution in [2.24, 2.45) is 0 Å². The number of hydrogen-bond donors (Lipinski definition) is 1. The second-order valence-corrected chi connectivity index (χ2v) is 5.50. The van der Waals surface area contributed by atoms with Crippen LogP contribution in [0.3, 0.4) is 0 Å². The molecule has 0 saturated heterocycles. The Morgan fingerprint density at radius 3 is 2.75 bits per heavy atom. The van der Waals surface area contributed by atoms with E-state index in [9.17, 15) is 9.00 Å². The van der Waals surface area contributed by atoms with Crippen molar-refractivity contribution in [2.75, 3.05) is 0 Å². The van der Waals surface area contributed by atoms with E-state index in [-0.39, 0.29) is 5.91 Å². The van der Waals surface area contributed by atoms with Crippen molar-refractivity contribution in [1.82, 2.24) is 24.5 Å². The minimum Gasteiger partial charge on any atom is -0.269 e. The molecule has 0 fully saturated rings. The van der Waals surface area contributed by atoms with Crippen molar-refractivity contribution in [2.45, 2.75) is 13.8 Å². The third kappa shape index (κ3) is 2.14. The van der Waals surface area contributed by atoms with Crippen LogP contribution < -0.4 is 4.72 Å². The Kier molecular flexibility index (Phi) is 2.94. The number of nitrogens with zero attached hydrogens (tertiary/aromatic N) is 4. The highest BCUT2D eigenvalue weighted by atomic mass is 32.2. The molecule has 1 atom stereocenters. The molecule has 0 radical (unpaired) electrons. The minimum atomic E-state index is -1.57. The fraction of sp³-hybridized carbons (Fsp3) is 0.167. The molecule has 1 unspecified atom stereocenters. The molecule has 1 aliphatic heterocycles. The van der Waals surface area contributed by atoms with Gasteiger partial charge in [0.15, 0.2) is 16.0 Å². The summed E-state index contributed by atoms with van der Waals surface area (Å²) in [6.45, 7) is 3.74. The van der Waals surface area contributed by atoms with Crippen molar-refractivity contribution in [1.29, 1.82) is 0 Å². The number of nitrogens with one attached hydrogen (secondary N) is 1. The largest absolute Gasteiger partial charge is 0.269 e. The summed E-state index contributed by atoms with van der Waals surface area (Å²) in [6.07, 6.45) is 6.22. The number of carbonyl (C=O) groups is 1. The fourth-order valence-corrected chi connectivity index (χ4v) is 2.77. The first kappa shape index (κ1) is 12.7. The zero-order valence-electron chi connectivity index (χ0n) is 10.8. The molecule has 0 aromatic carbocycles. The van der Waals surface area contributed by atoms with Gasteiger partial charge >= 0.3 is 0 Å². The third-order valence-corrected chi connectivity index (χ3v) is 3.86. The SMILES string of the molecule is Cc1cnc(-c2cnn(C3=CC(=O)NS3=O)c2)c(C)n1. The molecule has 8 heteroatoms. The number of carbonyl (C=O) groups excluding carboxylic acids is 1. The second-order valence-electron chi connectivity index (χ2n) is 4.34. The predicted molar refractivity (Wildman–Crippen MR) is 73.3 cm³/mol. The summed E-state index contributed by atoms with van der Waals surface area (Å²) in [5.41, 5.74) is 3.10. The van der Waals surface area contributed by atoms with E-state index in [0.717, 1.165) is 17.0 Å². The van der Waals surface area contributed by atoms with Gasteiger partial charge in [0.05, 0.1) is 23.3 Å². The molecule has 1 aliphatic rings. The van der Waals surface area contributed by atoms with Gasteiger partial charge in [-0.05, 0) is 13.8 Å². The fourth-order valence-electron chi connectivity index (χ4n) is 1.94. The van der Waals surface area contributed by atoms with Gasteiger partial charge in [-0.25, -0.2) is 8.89 Å². The highest BCUT2D eigenvalue weighted by Crippen LogP contribution is 2.21. The number of aryl methyl sites for hydroxylation is 2. The Balaban J connectivity index is 2.00. The molecular weight excluding hydrogens is 278 g/mol. The quantitative estimate of drug-likeness (QED) is 0.872. The van der Waals surface area contributed by atoms with Crippen LogP contribution in [0.5, 0.6) is 0 Å². The summed E-state index contributed by atoms with van der Waals surface area (Å²) in [7, 11) is -1.57. The first-order chi connectivity index (χ1) is 9.54. The smallest absolute Gasteiger partial charge is 0.258 e. The normalized spacial score (nSPS) is 18.0. The number of amides is 1. The molecule has 1 N–H and O–H groups in total. The summed E-state index contributed by atoms with van der Waals surface area (Å²) in [5, 5.41) is 4.42. The lowest BCUT2D eigenvalue weighted by Crippen LogP contribution is -2.17. The molecular formula is C12H11N5O2S. The average molecular weight is 289 g/mol. The standard InChI is InChI=1S/C12H11N5O2S/c1-7-4-13-12(8(2)15-7)9-5-14-17(6-9)11-3-10(18)16-20(11)19/h3-6H,1-2H3,(H,16,18). The molecule has 2 aromatic heterocycles. The van der Waals surface area contributed by atoms with Gasteiger partial charge in [-0.1, -0.05) is 0 Å². The van der Waals surface area contributed by atoms with Crippen LogP contribution >= 0.6 is 0 Å². The Hall–Kier alpha value is -2.35. The number of aromatic nitrogens is 4. The van der Waals surface area contributed by atoms with Crippen LogP contribution in [0.4, 0.5) is 0 Å². The molecule has 3 heterocycles. The van der Waals surface area contributed by atoms with E-state index >= 15 is 0 Å². The highest BCUT2D eigenvalue weighted by molar-refractivity contribution is 7.93. The summed E-state index contributed by atoms with van der Waals surface area (Å²) in [6, 6.07) is 0. The second kappa shape index (κ2) is 4.64. The lowest BCUT2D eigenvalue weighted by molar-refractivity contribution is -0.114.